The van der Waals surface area contributed by atoms with Crippen LogP contribution in [0.1, 0.15) is 16.7 Å². The Labute approximate surface area is 207 Å². The molecule has 178 valence electrons. The second-order valence-electron chi connectivity index (χ2n) is 8.27. The normalized spacial score (nSPS) is 10.8. The monoisotopic (exact) mass is 486 g/mol. The number of carbonyl (C=O) groups is 2. The third-order valence-corrected chi connectivity index (χ3v) is 6.42. The van der Waals surface area contributed by atoms with Crippen molar-refractivity contribution in [3.8, 4) is 5.69 Å². The van der Waals surface area contributed by atoms with Crippen LogP contribution in [0, 0.1) is 20.8 Å². The van der Waals surface area contributed by atoms with E-state index >= 15 is 0 Å². The summed E-state index contributed by atoms with van der Waals surface area (Å²) in [5.41, 5.74) is 4.86. The van der Waals surface area contributed by atoms with Gasteiger partial charge in [-0.2, -0.15) is 0 Å². The number of aryl methyl sites for hydroxylation is 3. The lowest BCUT2D eigenvalue weighted by Gasteiger charge is -2.14. The highest BCUT2D eigenvalue weighted by molar-refractivity contribution is 7.99. The maximum Gasteiger partial charge on any atom is 0.266 e. The lowest BCUT2D eigenvalue weighted by atomic mass is 10.1. The van der Waals surface area contributed by atoms with Crippen LogP contribution in [0.3, 0.4) is 0 Å². The molecule has 0 radical (unpaired) electrons. The smallest absolute Gasteiger partial charge is 0.266 e. The Morgan fingerprint density at radius 3 is 2.29 bits per heavy atom. The van der Waals surface area contributed by atoms with E-state index in [0.717, 1.165) is 34.1 Å². The second kappa shape index (κ2) is 10.6. The molecule has 1 aromatic heterocycles. The highest BCUT2D eigenvalue weighted by Crippen LogP contribution is 2.22. The SMILES string of the molecule is Cc1cc(C)c(NC(=O)CNC(=O)CSc2nc3ccccc3c(=O)n2-c2ccccc2)c(C)c1. The van der Waals surface area contributed by atoms with Crippen LogP contribution in [-0.4, -0.2) is 33.7 Å². The second-order valence-corrected chi connectivity index (χ2v) is 9.22. The summed E-state index contributed by atoms with van der Waals surface area (Å²) in [4.78, 5) is 42.8. The van der Waals surface area contributed by atoms with Crippen LogP contribution in [0.15, 0.2) is 76.7 Å². The minimum absolute atomic E-state index is 0.00742. The molecule has 0 fully saturated rings. The zero-order valence-electron chi connectivity index (χ0n) is 19.8. The van der Waals surface area contributed by atoms with Gasteiger partial charge in [-0.25, -0.2) is 4.98 Å². The van der Waals surface area contributed by atoms with E-state index in [1.807, 2.05) is 69.3 Å². The molecule has 0 bridgehead atoms. The van der Waals surface area contributed by atoms with Gasteiger partial charge in [0.05, 0.1) is 28.9 Å². The van der Waals surface area contributed by atoms with Crippen molar-refractivity contribution in [1.29, 1.82) is 0 Å². The fourth-order valence-corrected chi connectivity index (χ4v) is 4.78. The number of nitrogens with one attached hydrogen (secondary N) is 2. The molecule has 8 heteroatoms. The molecule has 0 aliphatic heterocycles. The van der Waals surface area contributed by atoms with Crippen LogP contribution >= 0.6 is 11.8 Å². The number of benzene rings is 3. The van der Waals surface area contributed by atoms with Crippen molar-refractivity contribution in [3.63, 3.8) is 0 Å². The molecule has 2 N–H and O–H groups in total. The van der Waals surface area contributed by atoms with Gasteiger partial charge in [0.1, 0.15) is 0 Å². The van der Waals surface area contributed by atoms with Crippen molar-refractivity contribution in [2.45, 2.75) is 25.9 Å². The molecule has 0 aliphatic carbocycles. The molecule has 0 unspecified atom stereocenters. The molecule has 0 saturated carbocycles. The maximum absolute atomic E-state index is 13.2. The number of carbonyl (C=O) groups excluding carboxylic acids is 2. The first-order valence-corrected chi connectivity index (χ1v) is 12.2. The minimum atomic E-state index is -0.329. The van der Waals surface area contributed by atoms with E-state index in [4.69, 9.17) is 0 Å². The molecule has 4 aromatic rings. The predicted molar refractivity (Wildman–Crippen MR) is 140 cm³/mol. The Balaban J connectivity index is 1.45. The van der Waals surface area contributed by atoms with E-state index in [9.17, 15) is 14.4 Å². The predicted octanol–water partition coefficient (Wildman–Crippen LogP) is 4.16. The number of thioether (sulfide) groups is 1. The molecule has 7 nitrogen and oxygen atoms in total. The number of rotatable bonds is 7. The van der Waals surface area contributed by atoms with Gasteiger partial charge in [-0.3, -0.25) is 19.0 Å². The number of amides is 2. The fourth-order valence-electron chi connectivity index (χ4n) is 3.93. The first kappa shape index (κ1) is 24.2. The molecule has 3 aromatic carbocycles. The molecule has 2 amide bonds. The Kier molecular flexibility index (Phi) is 7.31. The number of nitrogens with zero attached hydrogens (tertiary/aromatic N) is 2. The van der Waals surface area contributed by atoms with Gasteiger partial charge in [-0.15, -0.1) is 0 Å². The number of fused-ring (bicyclic) bond motifs is 1. The van der Waals surface area contributed by atoms with Crippen molar-refractivity contribution in [1.82, 2.24) is 14.9 Å². The Bertz CT molecular complexity index is 1440. The van der Waals surface area contributed by atoms with Gasteiger partial charge in [0.25, 0.3) is 5.56 Å². The highest BCUT2D eigenvalue weighted by Gasteiger charge is 2.15. The Hall–Kier alpha value is -3.91. The van der Waals surface area contributed by atoms with E-state index in [-0.39, 0.29) is 29.7 Å². The Morgan fingerprint density at radius 2 is 1.57 bits per heavy atom. The van der Waals surface area contributed by atoms with Crippen LogP contribution in [0.4, 0.5) is 5.69 Å². The summed E-state index contributed by atoms with van der Waals surface area (Å²) in [7, 11) is 0. The van der Waals surface area contributed by atoms with Crippen LogP contribution in [-0.2, 0) is 9.59 Å². The molecule has 0 saturated heterocycles. The molecular weight excluding hydrogens is 460 g/mol. The summed E-state index contributed by atoms with van der Waals surface area (Å²) >= 11 is 1.15. The third-order valence-electron chi connectivity index (χ3n) is 5.48. The zero-order chi connectivity index (χ0) is 24.9. The highest BCUT2D eigenvalue weighted by atomic mass is 32.2. The van der Waals surface area contributed by atoms with Gasteiger partial charge >= 0.3 is 0 Å². The Morgan fingerprint density at radius 1 is 0.914 bits per heavy atom. The first-order valence-electron chi connectivity index (χ1n) is 11.2. The zero-order valence-corrected chi connectivity index (χ0v) is 20.6. The average molecular weight is 487 g/mol. The van der Waals surface area contributed by atoms with Crippen molar-refractivity contribution in [2.24, 2.45) is 0 Å². The number of hydrogen-bond donors (Lipinski definition) is 2. The van der Waals surface area contributed by atoms with Gasteiger partial charge in [-0.05, 0) is 56.2 Å². The van der Waals surface area contributed by atoms with E-state index < -0.39 is 0 Å². The first-order chi connectivity index (χ1) is 16.8. The molecule has 0 aliphatic rings. The summed E-state index contributed by atoms with van der Waals surface area (Å²) < 4.78 is 1.51. The molecule has 35 heavy (non-hydrogen) atoms. The van der Waals surface area contributed by atoms with Crippen molar-refractivity contribution < 1.29 is 9.59 Å². The molecular formula is C27H26N4O3S. The molecule has 4 rings (SSSR count). The molecule has 1 heterocycles. The van der Waals surface area contributed by atoms with Crippen LogP contribution in [0.2, 0.25) is 0 Å². The van der Waals surface area contributed by atoms with Gasteiger partial charge in [0, 0.05) is 5.69 Å². The van der Waals surface area contributed by atoms with Crippen LogP contribution in [0.25, 0.3) is 16.6 Å². The fraction of sp³-hybridized carbons (Fsp3) is 0.185. The van der Waals surface area contributed by atoms with Crippen LogP contribution < -0.4 is 16.2 Å². The van der Waals surface area contributed by atoms with Crippen molar-refractivity contribution >= 4 is 40.2 Å². The number of anilines is 1. The molecule has 0 atom stereocenters. The summed E-state index contributed by atoms with van der Waals surface area (Å²) in [6, 6.07) is 20.3. The minimum Gasteiger partial charge on any atom is -0.346 e. The summed E-state index contributed by atoms with van der Waals surface area (Å²) in [6.45, 7) is 5.73. The van der Waals surface area contributed by atoms with Crippen LogP contribution in [0.5, 0.6) is 0 Å². The van der Waals surface area contributed by atoms with E-state index in [0.29, 0.717) is 21.7 Å². The van der Waals surface area contributed by atoms with Gasteiger partial charge in [0.2, 0.25) is 11.8 Å². The van der Waals surface area contributed by atoms with E-state index in [2.05, 4.69) is 15.6 Å². The average Bonchev–Trinajstić information content (AvgIpc) is 2.84. The number of para-hydroxylation sites is 2. The topological polar surface area (TPSA) is 93.1 Å². The quantitative estimate of drug-likeness (QED) is 0.302. The summed E-state index contributed by atoms with van der Waals surface area (Å²) in [6.07, 6.45) is 0. The summed E-state index contributed by atoms with van der Waals surface area (Å²) in [5, 5.41) is 6.43. The van der Waals surface area contributed by atoms with Gasteiger partial charge in [0.15, 0.2) is 5.16 Å². The van der Waals surface area contributed by atoms with E-state index in [1.165, 1.54) is 4.57 Å². The summed E-state index contributed by atoms with van der Waals surface area (Å²) in [5.74, 6) is -0.624. The van der Waals surface area contributed by atoms with E-state index in [1.54, 1.807) is 18.2 Å². The van der Waals surface area contributed by atoms with Gasteiger partial charge < -0.3 is 10.6 Å². The lowest BCUT2D eigenvalue weighted by Crippen LogP contribution is -2.34. The molecule has 0 spiro atoms. The maximum atomic E-state index is 13.2. The largest absolute Gasteiger partial charge is 0.346 e. The number of hydrogen-bond acceptors (Lipinski definition) is 5. The van der Waals surface area contributed by atoms with Gasteiger partial charge in [-0.1, -0.05) is 59.8 Å². The lowest BCUT2D eigenvalue weighted by molar-refractivity contribution is -0.122. The van der Waals surface area contributed by atoms with Crippen molar-refractivity contribution in [2.75, 3.05) is 17.6 Å². The van der Waals surface area contributed by atoms with Crippen molar-refractivity contribution in [3.05, 3.63) is 93.8 Å². The number of aromatic nitrogens is 2. The standard InChI is InChI=1S/C27H26N4O3S/c1-17-13-18(2)25(19(3)14-17)30-23(32)15-28-24(33)16-35-27-29-22-12-8-7-11-21(22)26(34)31(27)20-9-5-4-6-10-20/h4-14H,15-16H2,1-3H3,(H,28,33)(H,30,32). The third kappa shape index (κ3) is 5.60.